The molecule has 3 nitrogen and oxygen atoms in total. The number of nitrogens with two attached hydrogens (primary N) is 1. The molecule has 1 heterocycles. The number of hydrogen-bond donors (Lipinski definition) is 1. The van der Waals surface area contributed by atoms with Crippen molar-refractivity contribution in [3.8, 4) is 11.3 Å². The zero-order chi connectivity index (χ0) is 14.8. The van der Waals surface area contributed by atoms with E-state index in [1.807, 2.05) is 24.3 Å². The quantitative estimate of drug-likeness (QED) is 0.787. The van der Waals surface area contributed by atoms with Crippen molar-refractivity contribution in [3.63, 3.8) is 0 Å². The van der Waals surface area contributed by atoms with Gasteiger partial charge in [-0.15, -0.1) is 0 Å². The molecule has 21 heavy (non-hydrogen) atoms. The lowest BCUT2D eigenvalue weighted by molar-refractivity contribution is 1.04. The van der Waals surface area contributed by atoms with Gasteiger partial charge in [-0.2, -0.15) is 0 Å². The summed E-state index contributed by atoms with van der Waals surface area (Å²) >= 11 is 0. The maximum absolute atomic E-state index is 6.11. The SMILES string of the molecule is CCc1ccc(-c2nc3ccccc3nc2N)cc1CC. The van der Waals surface area contributed by atoms with E-state index in [4.69, 9.17) is 5.73 Å². The lowest BCUT2D eigenvalue weighted by Gasteiger charge is -2.10. The topological polar surface area (TPSA) is 51.8 Å². The average Bonchev–Trinajstić information content (AvgIpc) is 2.53. The Morgan fingerprint density at radius 2 is 1.52 bits per heavy atom. The molecule has 106 valence electrons. The van der Waals surface area contributed by atoms with Gasteiger partial charge in [0.1, 0.15) is 5.69 Å². The van der Waals surface area contributed by atoms with Gasteiger partial charge in [0.2, 0.25) is 0 Å². The van der Waals surface area contributed by atoms with Crippen molar-refractivity contribution < 1.29 is 0 Å². The van der Waals surface area contributed by atoms with Crippen molar-refractivity contribution in [1.82, 2.24) is 9.97 Å². The first kappa shape index (κ1) is 13.6. The Morgan fingerprint density at radius 3 is 2.19 bits per heavy atom. The fourth-order valence-corrected chi connectivity index (χ4v) is 2.67. The van der Waals surface area contributed by atoms with E-state index in [9.17, 15) is 0 Å². The van der Waals surface area contributed by atoms with Gasteiger partial charge in [-0.25, -0.2) is 9.97 Å². The molecule has 0 bridgehead atoms. The molecule has 0 radical (unpaired) electrons. The minimum absolute atomic E-state index is 0.486. The van der Waals surface area contributed by atoms with Crippen LogP contribution in [-0.2, 0) is 12.8 Å². The highest BCUT2D eigenvalue weighted by atomic mass is 14.9. The molecule has 2 N–H and O–H groups in total. The molecule has 0 saturated carbocycles. The summed E-state index contributed by atoms with van der Waals surface area (Å²) in [6.45, 7) is 4.35. The number of aromatic nitrogens is 2. The molecular formula is C18H19N3. The van der Waals surface area contributed by atoms with E-state index in [0.717, 1.165) is 35.1 Å². The van der Waals surface area contributed by atoms with Crippen LogP contribution in [0.4, 0.5) is 5.82 Å². The predicted octanol–water partition coefficient (Wildman–Crippen LogP) is 4.00. The van der Waals surface area contributed by atoms with Crippen LogP contribution >= 0.6 is 0 Å². The molecule has 0 aliphatic heterocycles. The number of nitrogen functional groups attached to an aromatic ring is 1. The van der Waals surface area contributed by atoms with Gasteiger partial charge < -0.3 is 5.73 Å². The molecule has 1 aromatic heterocycles. The zero-order valence-corrected chi connectivity index (χ0v) is 12.4. The highest BCUT2D eigenvalue weighted by Crippen LogP contribution is 2.27. The fraction of sp³-hybridized carbons (Fsp3) is 0.222. The van der Waals surface area contributed by atoms with E-state index in [-0.39, 0.29) is 0 Å². The molecule has 2 aromatic carbocycles. The summed E-state index contributed by atoms with van der Waals surface area (Å²) in [6.07, 6.45) is 2.06. The number of fused-ring (bicyclic) bond motifs is 1. The van der Waals surface area contributed by atoms with Crippen LogP contribution in [0.2, 0.25) is 0 Å². The molecule has 0 fully saturated rings. The third-order valence-electron chi connectivity index (χ3n) is 3.84. The second-order valence-corrected chi connectivity index (χ2v) is 5.14. The van der Waals surface area contributed by atoms with Crippen LogP contribution < -0.4 is 5.73 Å². The van der Waals surface area contributed by atoms with Gasteiger partial charge in [0.15, 0.2) is 5.82 Å². The summed E-state index contributed by atoms with van der Waals surface area (Å²) in [6, 6.07) is 14.3. The Morgan fingerprint density at radius 1 is 0.857 bits per heavy atom. The van der Waals surface area contributed by atoms with Gasteiger partial charge in [-0.05, 0) is 42.2 Å². The van der Waals surface area contributed by atoms with Crippen LogP contribution in [0.5, 0.6) is 0 Å². The predicted molar refractivity (Wildman–Crippen MR) is 88.1 cm³/mol. The average molecular weight is 277 g/mol. The van der Waals surface area contributed by atoms with Crippen molar-refractivity contribution in [2.45, 2.75) is 26.7 Å². The molecule has 0 aliphatic rings. The van der Waals surface area contributed by atoms with Crippen LogP contribution in [0.3, 0.4) is 0 Å². The number of aryl methyl sites for hydroxylation is 2. The Labute approximate surface area is 124 Å². The van der Waals surface area contributed by atoms with Crippen molar-refractivity contribution in [1.29, 1.82) is 0 Å². The number of nitrogens with zero attached hydrogens (tertiary/aromatic N) is 2. The first-order valence-corrected chi connectivity index (χ1v) is 7.37. The molecule has 0 spiro atoms. The molecule has 0 unspecified atom stereocenters. The lowest BCUT2D eigenvalue weighted by Crippen LogP contribution is -1.99. The minimum Gasteiger partial charge on any atom is -0.382 e. The van der Waals surface area contributed by atoms with Gasteiger partial charge in [0.25, 0.3) is 0 Å². The third kappa shape index (κ3) is 2.47. The molecular weight excluding hydrogens is 258 g/mol. The van der Waals surface area contributed by atoms with Gasteiger partial charge in [-0.1, -0.05) is 38.1 Å². The van der Waals surface area contributed by atoms with Gasteiger partial charge in [0, 0.05) is 5.56 Å². The summed E-state index contributed by atoms with van der Waals surface area (Å²) in [5, 5.41) is 0. The van der Waals surface area contributed by atoms with E-state index >= 15 is 0 Å². The monoisotopic (exact) mass is 277 g/mol. The Bertz CT molecular complexity index is 794. The van der Waals surface area contributed by atoms with Crippen LogP contribution in [0.25, 0.3) is 22.3 Å². The fourth-order valence-electron chi connectivity index (χ4n) is 2.67. The van der Waals surface area contributed by atoms with E-state index in [1.54, 1.807) is 0 Å². The molecule has 0 aliphatic carbocycles. The van der Waals surface area contributed by atoms with Crippen LogP contribution in [0.15, 0.2) is 42.5 Å². The lowest BCUT2D eigenvalue weighted by atomic mass is 9.98. The van der Waals surface area contributed by atoms with Crippen LogP contribution in [-0.4, -0.2) is 9.97 Å². The number of hydrogen-bond acceptors (Lipinski definition) is 3. The molecule has 3 heteroatoms. The smallest absolute Gasteiger partial charge is 0.150 e. The summed E-state index contributed by atoms with van der Waals surface area (Å²) in [5.41, 5.74) is 12.4. The first-order valence-electron chi connectivity index (χ1n) is 7.37. The van der Waals surface area contributed by atoms with E-state index in [2.05, 4.69) is 42.0 Å². The van der Waals surface area contributed by atoms with Gasteiger partial charge >= 0.3 is 0 Å². The summed E-state index contributed by atoms with van der Waals surface area (Å²) in [7, 11) is 0. The highest BCUT2D eigenvalue weighted by Gasteiger charge is 2.10. The van der Waals surface area contributed by atoms with Crippen LogP contribution in [0.1, 0.15) is 25.0 Å². The van der Waals surface area contributed by atoms with Gasteiger partial charge in [-0.3, -0.25) is 0 Å². The molecule has 3 aromatic rings. The van der Waals surface area contributed by atoms with E-state index in [0.29, 0.717) is 5.82 Å². The Balaban J connectivity index is 2.17. The number of benzene rings is 2. The zero-order valence-electron chi connectivity index (χ0n) is 12.4. The standard InChI is InChI=1S/C18H19N3/c1-3-12-9-10-14(11-13(12)4-2)17-18(19)21-16-8-6-5-7-15(16)20-17/h5-11H,3-4H2,1-2H3,(H2,19,21). The minimum atomic E-state index is 0.486. The second-order valence-electron chi connectivity index (χ2n) is 5.14. The normalized spacial score (nSPS) is 11.0. The largest absolute Gasteiger partial charge is 0.382 e. The molecule has 0 saturated heterocycles. The summed E-state index contributed by atoms with van der Waals surface area (Å²) in [5.74, 6) is 0.486. The number of anilines is 1. The Hall–Kier alpha value is -2.42. The molecule has 3 rings (SSSR count). The number of rotatable bonds is 3. The second kappa shape index (κ2) is 5.52. The highest BCUT2D eigenvalue weighted by molar-refractivity contribution is 5.82. The van der Waals surface area contributed by atoms with Crippen molar-refractivity contribution in [2.75, 3.05) is 5.73 Å². The summed E-state index contributed by atoms with van der Waals surface area (Å²) < 4.78 is 0. The molecule has 0 atom stereocenters. The van der Waals surface area contributed by atoms with Crippen molar-refractivity contribution in [3.05, 3.63) is 53.6 Å². The Kier molecular flexibility index (Phi) is 3.57. The van der Waals surface area contributed by atoms with E-state index < -0.39 is 0 Å². The van der Waals surface area contributed by atoms with Gasteiger partial charge in [0.05, 0.1) is 11.0 Å². The van der Waals surface area contributed by atoms with E-state index in [1.165, 1.54) is 11.1 Å². The number of para-hydroxylation sites is 2. The first-order chi connectivity index (χ1) is 10.2. The molecule has 0 amide bonds. The maximum atomic E-state index is 6.11. The summed E-state index contributed by atoms with van der Waals surface area (Å²) in [4.78, 5) is 9.15. The van der Waals surface area contributed by atoms with Crippen LogP contribution in [0, 0.1) is 0 Å². The maximum Gasteiger partial charge on any atom is 0.150 e. The van der Waals surface area contributed by atoms with Crippen molar-refractivity contribution in [2.24, 2.45) is 0 Å². The van der Waals surface area contributed by atoms with Crippen molar-refractivity contribution >= 4 is 16.9 Å². The third-order valence-corrected chi connectivity index (χ3v) is 3.84.